The van der Waals surface area contributed by atoms with E-state index in [0.29, 0.717) is 6.04 Å². The summed E-state index contributed by atoms with van der Waals surface area (Å²) in [6, 6.07) is 19.7. The van der Waals surface area contributed by atoms with E-state index in [2.05, 4.69) is 0 Å². The number of para-hydroxylation sites is 2. The van der Waals surface area contributed by atoms with Crippen LogP contribution in [0.3, 0.4) is 0 Å². The van der Waals surface area contributed by atoms with E-state index < -0.39 is 7.87 Å². The van der Waals surface area contributed by atoms with Crippen molar-refractivity contribution in [3.63, 3.8) is 0 Å². The fourth-order valence-corrected chi connectivity index (χ4v) is 3.34. The second-order valence-corrected chi connectivity index (χ2v) is 8.01. The van der Waals surface area contributed by atoms with Crippen molar-refractivity contribution in [3.8, 4) is 11.5 Å². The molecule has 0 fully saturated rings. The van der Waals surface area contributed by atoms with Crippen LogP contribution in [-0.2, 0) is 0 Å². The number of benzene rings is 2. The molecule has 0 saturated heterocycles. The lowest BCUT2D eigenvalue weighted by atomic mass is 10.3. The van der Waals surface area contributed by atoms with Gasteiger partial charge < -0.3 is 8.85 Å². The summed E-state index contributed by atoms with van der Waals surface area (Å²) < 4.78 is 11.7. The Labute approximate surface area is 113 Å². The normalized spacial score (nSPS) is 11.0. The summed E-state index contributed by atoms with van der Waals surface area (Å²) in [6.45, 7) is 1.98. The molecule has 2 aromatic carbocycles. The Morgan fingerprint density at radius 2 is 1.22 bits per heavy atom. The van der Waals surface area contributed by atoms with Crippen LogP contribution in [-0.4, -0.2) is 7.87 Å². The molecule has 0 heterocycles. The average molecular weight is 279 g/mol. The molecule has 0 aliphatic carbocycles. The van der Waals surface area contributed by atoms with E-state index in [9.17, 15) is 0 Å². The zero-order valence-corrected chi connectivity index (χ0v) is 11.9. The van der Waals surface area contributed by atoms with E-state index in [4.69, 9.17) is 19.9 Å². The van der Waals surface area contributed by atoms with Crippen molar-refractivity contribution >= 4 is 18.9 Å². The average Bonchev–Trinajstić information content (AvgIpc) is 2.41. The maximum absolute atomic E-state index is 6.49. The predicted octanol–water partition coefficient (Wildman–Crippen LogP) is 4.34. The quantitative estimate of drug-likeness (QED) is 0.598. The third kappa shape index (κ3) is 3.52. The summed E-state index contributed by atoms with van der Waals surface area (Å²) in [5.41, 5.74) is 0. The standard InChI is InChI=1S/C14H15ClO2Si/c1-2-18(15,16-13-9-5-3-6-10-13)17-14-11-7-4-8-12-14/h3-12H,2H2,1H3. The van der Waals surface area contributed by atoms with E-state index in [1.807, 2.05) is 67.6 Å². The van der Waals surface area contributed by atoms with Crippen molar-refractivity contribution in [2.75, 3.05) is 0 Å². The van der Waals surface area contributed by atoms with Gasteiger partial charge in [0.25, 0.3) is 0 Å². The van der Waals surface area contributed by atoms with E-state index in [-0.39, 0.29) is 0 Å². The van der Waals surface area contributed by atoms with Gasteiger partial charge in [0, 0.05) is 6.04 Å². The van der Waals surface area contributed by atoms with E-state index >= 15 is 0 Å². The first-order chi connectivity index (χ1) is 8.72. The summed E-state index contributed by atoms with van der Waals surface area (Å²) in [7, 11) is -2.73. The Morgan fingerprint density at radius 3 is 1.56 bits per heavy atom. The maximum Gasteiger partial charge on any atom is 0.568 e. The molecular weight excluding hydrogens is 264 g/mol. The Balaban J connectivity index is 2.11. The van der Waals surface area contributed by atoms with Crippen molar-refractivity contribution in [3.05, 3.63) is 60.7 Å². The van der Waals surface area contributed by atoms with Gasteiger partial charge in [0.15, 0.2) is 0 Å². The minimum absolute atomic E-state index is 0.665. The topological polar surface area (TPSA) is 18.5 Å². The lowest BCUT2D eigenvalue weighted by Gasteiger charge is -2.24. The van der Waals surface area contributed by atoms with Crippen LogP contribution in [0.15, 0.2) is 60.7 Å². The van der Waals surface area contributed by atoms with Crippen LogP contribution in [0, 0.1) is 0 Å². The first-order valence-corrected chi connectivity index (χ1v) is 8.92. The van der Waals surface area contributed by atoms with Crippen molar-refractivity contribution in [2.45, 2.75) is 13.0 Å². The molecule has 2 rings (SSSR count). The summed E-state index contributed by atoms with van der Waals surface area (Å²) in [5, 5.41) is 0. The van der Waals surface area contributed by atoms with Crippen LogP contribution in [0.1, 0.15) is 6.92 Å². The number of hydrogen-bond acceptors (Lipinski definition) is 2. The van der Waals surface area contributed by atoms with Crippen LogP contribution < -0.4 is 8.85 Å². The zero-order valence-electron chi connectivity index (χ0n) is 10.2. The summed E-state index contributed by atoms with van der Waals surface area (Å²) >= 11 is 6.49. The van der Waals surface area contributed by atoms with E-state index in [0.717, 1.165) is 11.5 Å². The minimum atomic E-state index is -2.73. The Bertz CT molecular complexity index is 434. The molecule has 0 saturated carbocycles. The highest BCUT2D eigenvalue weighted by Gasteiger charge is 2.38. The molecule has 0 aromatic heterocycles. The van der Waals surface area contributed by atoms with Gasteiger partial charge in [-0.25, -0.2) is 0 Å². The molecule has 0 aliphatic heterocycles. The van der Waals surface area contributed by atoms with Crippen LogP contribution >= 0.6 is 11.1 Å². The fraction of sp³-hybridized carbons (Fsp3) is 0.143. The van der Waals surface area contributed by atoms with Gasteiger partial charge in [0.05, 0.1) is 0 Å². The predicted molar refractivity (Wildman–Crippen MR) is 76.2 cm³/mol. The minimum Gasteiger partial charge on any atom is -0.501 e. The Morgan fingerprint density at radius 1 is 0.833 bits per heavy atom. The van der Waals surface area contributed by atoms with E-state index in [1.165, 1.54) is 0 Å². The van der Waals surface area contributed by atoms with Crippen molar-refractivity contribution in [1.29, 1.82) is 0 Å². The molecule has 2 aromatic rings. The van der Waals surface area contributed by atoms with Crippen LogP contribution in [0.5, 0.6) is 11.5 Å². The van der Waals surface area contributed by atoms with Crippen LogP contribution in [0.25, 0.3) is 0 Å². The SMILES string of the molecule is CC[Si](Cl)(Oc1ccccc1)Oc1ccccc1. The lowest BCUT2D eigenvalue weighted by molar-refractivity contribution is 0.410. The zero-order chi connectivity index (χ0) is 12.8. The van der Waals surface area contributed by atoms with Gasteiger partial charge in [0.2, 0.25) is 0 Å². The summed E-state index contributed by atoms with van der Waals surface area (Å²) in [5.74, 6) is 1.49. The smallest absolute Gasteiger partial charge is 0.501 e. The molecule has 2 nitrogen and oxygen atoms in total. The Hall–Kier alpha value is -1.45. The van der Waals surface area contributed by atoms with Crippen molar-refractivity contribution < 1.29 is 8.85 Å². The van der Waals surface area contributed by atoms with E-state index in [1.54, 1.807) is 0 Å². The van der Waals surface area contributed by atoms with Crippen molar-refractivity contribution in [1.82, 2.24) is 0 Å². The molecule has 0 N–H and O–H groups in total. The first-order valence-electron chi connectivity index (χ1n) is 5.89. The molecule has 0 unspecified atom stereocenters. The molecule has 0 amide bonds. The second kappa shape index (κ2) is 5.93. The summed E-state index contributed by atoms with van der Waals surface area (Å²) in [4.78, 5) is 0. The largest absolute Gasteiger partial charge is 0.568 e. The van der Waals surface area contributed by atoms with Crippen molar-refractivity contribution in [2.24, 2.45) is 0 Å². The summed E-state index contributed by atoms with van der Waals surface area (Å²) in [6.07, 6.45) is 0. The fourth-order valence-electron chi connectivity index (χ4n) is 1.49. The number of hydrogen-bond donors (Lipinski definition) is 0. The third-order valence-electron chi connectivity index (χ3n) is 2.45. The Kier molecular flexibility index (Phi) is 4.28. The maximum atomic E-state index is 6.49. The van der Waals surface area contributed by atoms with Gasteiger partial charge in [-0.15, -0.1) is 0 Å². The van der Waals surface area contributed by atoms with Crippen LogP contribution in [0.4, 0.5) is 0 Å². The molecule has 0 radical (unpaired) electrons. The molecule has 18 heavy (non-hydrogen) atoms. The molecule has 0 aliphatic rings. The van der Waals surface area contributed by atoms with Gasteiger partial charge in [-0.1, -0.05) is 54.4 Å². The monoisotopic (exact) mass is 278 g/mol. The first kappa shape index (κ1) is 13.0. The third-order valence-corrected chi connectivity index (χ3v) is 5.64. The van der Waals surface area contributed by atoms with Gasteiger partial charge >= 0.3 is 7.87 Å². The van der Waals surface area contributed by atoms with Gasteiger partial charge in [0.1, 0.15) is 11.5 Å². The lowest BCUT2D eigenvalue weighted by Crippen LogP contribution is -2.42. The van der Waals surface area contributed by atoms with Gasteiger partial charge in [-0.2, -0.15) is 0 Å². The van der Waals surface area contributed by atoms with Gasteiger partial charge in [-0.05, 0) is 24.3 Å². The molecule has 0 bridgehead atoms. The van der Waals surface area contributed by atoms with Crippen LogP contribution in [0.2, 0.25) is 6.04 Å². The molecule has 4 heteroatoms. The number of halogens is 1. The second-order valence-electron chi connectivity index (χ2n) is 3.84. The number of rotatable bonds is 5. The molecule has 0 spiro atoms. The van der Waals surface area contributed by atoms with Gasteiger partial charge in [-0.3, -0.25) is 0 Å². The highest BCUT2D eigenvalue weighted by molar-refractivity contribution is 7.13. The molecule has 94 valence electrons. The molecule has 0 atom stereocenters. The molecular formula is C14H15ClO2Si. The highest BCUT2D eigenvalue weighted by atomic mass is 35.6. The highest BCUT2D eigenvalue weighted by Crippen LogP contribution is 2.25.